The minimum Gasteiger partial charge on any atom is -0.350 e. The van der Waals surface area contributed by atoms with Crippen LogP contribution in [0.4, 0.5) is 0 Å². The first kappa shape index (κ1) is 17.3. The molecule has 1 aliphatic carbocycles. The van der Waals surface area contributed by atoms with E-state index >= 15 is 0 Å². The molecule has 1 heterocycles. The van der Waals surface area contributed by atoms with Crippen LogP contribution in [-0.2, 0) is 6.54 Å². The summed E-state index contributed by atoms with van der Waals surface area (Å²) in [7, 11) is 0. The summed E-state index contributed by atoms with van der Waals surface area (Å²) in [6.07, 6.45) is 2.13. The third-order valence-electron chi connectivity index (χ3n) is 4.74. The summed E-state index contributed by atoms with van der Waals surface area (Å²) in [4.78, 5) is 25.1. The zero-order valence-electron chi connectivity index (χ0n) is 15.3. The fraction of sp³-hybridized carbons (Fsp3) is 0.286. The van der Waals surface area contributed by atoms with Gasteiger partial charge in [-0.2, -0.15) is 5.10 Å². The second-order valence-electron chi connectivity index (χ2n) is 6.93. The van der Waals surface area contributed by atoms with E-state index in [1.54, 1.807) is 16.7 Å². The second kappa shape index (κ2) is 7.23. The number of aromatic nitrogens is 3. The van der Waals surface area contributed by atoms with Crippen molar-refractivity contribution in [2.45, 2.75) is 32.2 Å². The highest BCUT2D eigenvalue weighted by Gasteiger charge is 2.31. The molecule has 6 nitrogen and oxygen atoms in total. The smallest absolute Gasteiger partial charge is 0.350 e. The maximum Gasteiger partial charge on any atom is 0.350 e. The van der Waals surface area contributed by atoms with Gasteiger partial charge in [-0.1, -0.05) is 35.9 Å². The van der Waals surface area contributed by atoms with E-state index in [9.17, 15) is 9.59 Å². The lowest BCUT2D eigenvalue weighted by atomic mass is 10.1. The van der Waals surface area contributed by atoms with E-state index in [1.165, 1.54) is 4.68 Å². The number of carbonyl (C=O) groups excluding carboxylic acids is 1. The lowest BCUT2D eigenvalue weighted by Crippen LogP contribution is -2.32. The van der Waals surface area contributed by atoms with Gasteiger partial charge in [0.1, 0.15) is 5.82 Å². The number of nitrogens with one attached hydrogen (secondary N) is 1. The predicted molar refractivity (Wildman–Crippen MR) is 103 cm³/mol. The first-order valence-electron chi connectivity index (χ1n) is 9.23. The summed E-state index contributed by atoms with van der Waals surface area (Å²) in [5.74, 6) is 1.02. The molecule has 1 aromatic heterocycles. The predicted octanol–water partition coefficient (Wildman–Crippen LogP) is 2.65. The van der Waals surface area contributed by atoms with Gasteiger partial charge in [-0.3, -0.25) is 4.79 Å². The number of nitrogens with zero attached hydrogens (tertiary/aromatic N) is 3. The molecule has 0 atom stereocenters. The molecule has 4 rings (SSSR count). The van der Waals surface area contributed by atoms with Crippen molar-refractivity contribution < 1.29 is 4.79 Å². The zero-order chi connectivity index (χ0) is 18.8. The Labute approximate surface area is 157 Å². The molecular formula is C21H22N4O2. The molecule has 27 heavy (non-hydrogen) atoms. The van der Waals surface area contributed by atoms with Crippen molar-refractivity contribution in [1.29, 1.82) is 0 Å². The molecule has 1 N–H and O–H groups in total. The van der Waals surface area contributed by atoms with Crippen LogP contribution in [0.2, 0.25) is 0 Å². The summed E-state index contributed by atoms with van der Waals surface area (Å²) < 4.78 is 3.15. The van der Waals surface area contributed by atoms with Gasteiger partial charge in [-0.25, -0.2) is 14.0 Å². The van der Waals surface area contributed by atoms with Crippen LogP contribution in [0.25, 0.3) is 5.69 Å². The fourth-order valence-electron chi connectivity index (χ4n) is 3.08. The third kappa shape index (κ3) is 3.69. The Morgan fingerprint density at radius 1 is 1.11 bits per heavy atom. The van der Waals surface area contributed by atoms with Gasteiger partial charge in [0.25, 0.3) is 5.91 Å². The molecular weight excluding hydrogens is 340 g/mol. The number of benzene rings is 2. The highest BCUT2D eigenvalue weighted by Crippen LogP contribution is 2.39. The topological polar surface area (TPSA) is 68.9 Å². The average Bonchev–Trinajstić information content (AvgIpc) is 3.48. The van der Waals surface area contributed by atoms with E-state index in [1.807, 2.05) is 49.4 Å². The SMILES string of the molecule is Cc1ccc(C(=O)NCCn2nc(C3CC3)n(-c3ccccc3)c2=O)cc1. The Morgan fingerprint density at radius 2 is 1.81 bits per heavy atom. The van der Waals surface area contributed by atoms with Gasteiger partial charge < -0.3 is 5.32 Å². The van der Waals surface area contributed by atoms with E-state index in [0.29, 0.717) is 24.6 Å². The zero-order valence-corrected chi connectivity index (χ0v) is 15.3. The molecule has 1 saturated carbocycles. The highest BCUT2D eigenvalue weighted by atomic mass is 16.2. The van der Waals surface area contributed by atoms with Crippen LogP contribution >= 0.6 is 0 Å². The molecule has 6 heteroatoms. The van der Waals surface area contributed by atoms with E-state index in [4.69, 9.17) is 0 Å². The molecule has 3 aromatic rings. The Bertz CT molecular complexity index is 999. The summed E-state index contributed by atoms with van der Waals surface area (Å²) >= 11 is 0. The van der Waals surface area contributed by atoms with Gasteiger partial charge in [0.05, 0.1) is 12.2 Å². The van der Waals surface area contributed by atoms with Gasteiger partial charge in [-0.15, -0.1) is 0 Å². The number of aryl methyl sites for hydroxylation is 1. The van der Waals surface area contributed by atoms with Gasteiger partial charge in [0, 0.05) is 18.0 Å². The van der Waals surface area contributed by atoms with Gasteiger partial charge in [-0.05, 0) is 44.0 Å². The molecule has 1 amide bonds. The Hall–Kier alpha value is -3.15. The van der Waals surface area contributed by atoms with E-state index in [2.05, 4.69) is 10.4 Å². The van der Waals surface area contributed by atoms with Crippen LogP contribution in [0.15, 0.2) is 59.4 Å². The van der Waals surface area contributed by atoms with E-state index in [0.717, 1.165) is 29.9 Å². The molecule has 0 aliphatic heterocycles. The standard InChI is InChI=1S/C21H22N4O2/c1-15-7-9-17(10-8-15)20(26)22-13-14-24-21(27)25(18-5-3-2-4-6-18)19(23-24)16-11-12-16/h2-10,16H,11-14H2,1H3,(H,22,26). The van der Waals surface area contributed by atoms with Crippen LogP contribution in [-0.4, -0.2) is 26.8 Å². The monoisotopic (exact) mass is 362 g/mol. The summed E-state index contributed by atoms with van der Waals surface area (Å²) in [5.41, 5.74) is 2.39. The first-order chi connectivity index (χ1) is 13.1. The summed E-state index contributed by atoms with van der Waals surface area (Å²) in [6, 6.07) is 17.0. The summed E-state index contributed by atoms with van der Waals surface area (Å²) in [5, 5.41) is 7.40. The van der Waals surface area contributed by atoms with Gasteiger partial charge >= 0.3 is 5.69 Å². The molecule has 0 unspecified atom stereocenters. The number of amides is 1. The fourth-order valence-corrected chi connectivity index (χ4v) is 3.08. The molecule has 0 radical (unpaired) electrons. The number of hydrogen-bond acceptors (Lipinski definition) is 3. The lowest BCUT2D eigenvalue weighted by Gasteiger charge is -2.05. The van der Waals surface area contributed by atoms with Crippen molar-refractivity contribution in [1.82, 2.24) is 19.7 Å². The van der Waals surface area contributed by atoms with Gasteiger partial charge in [0.15, 0.2) is 0 Å². The minimum atomic E-state index is -0.160. The van der Waals surface area contributed by atoms with Gasteiger partial charge in [0.2, 0.25) is 0 Å². The normalized spacial score (nSPS) is 13.5. The summed E-state index contributed by atoms with van der Waals surface area (Å²) in [6.45, 7) is 2.67. The Morgan fingerprint density at radius 3 is 2.48 bits per heavy atom. The molecule has 0 saturated heterocycles. The van der Waals surface area contributed by atoms with E-state index < -0.39 is 0 Å². The van der Waals surface area contributed by atoms with Crippen LogP contribution in [0, 0.1) is 6.92 Å². The molecule has 0 spiro atoms. The largest absolute Gasteiger partial charge is 0.350 e. The number of rotatable bonds is 6. The van der Waals surface area contributed by atoms with Crippen molar-refractivity contribution in [2.24, 2.45) is 0 Å². The number of para-hydroxylation sites is 1. The quantitative estimate of drug-likeness (QED) is 0.733. The van der Waals surface area contributed by atoms with Crippen LogP contribution < -0.4 is 11.0 Å². The van der Waals surface area contributed by atoms with Crippen LogP contribution in [0.5, 0.6) is 0 Å². The van der Waals surface area contributed by atoms with Crippen LogP contribution in [0.1, 0.15) is 40.5 Å². The molecule has 2 aromatic carbocycles. The number of hydrogen-bond donors (Lipinski definition) is 1. The van der Waals surface area contributed by atoms with Crippen LogP contribution in [0.3, 0.4) is 0 Å². The van der Waals surface area contributed by atoms with Crippen molar-refractivity contribution in [2.75, 3.05) is 6.54 Å². The Kier molecular flexibility index (Phi) is 4.62. The second-order valence-corrected chi connectivity index (χ2v) is 6.93. The first-order valence-corrected chi connectivity index (χ1v) is 9.23. The molecule has 0 bridgehead atoms. The average molecular weight is 362 g/mol. The Balaban J connectivity index is 1.49. The lowest BCUT2D eigenvalue weighted by molar-refractivity contribution is 0.0952. The highest BCUT2D eigenvalue weighted by molar-refractivity contribution is 5.94. The van der Waals surface area contributed by atoms with Crippen molar-refractivity contribution >= 4 is 5.91 Å². The molecule has 1 aliphatic rings. The van der Waals surface area contributed by atoms with Crippen molar-refractivity contribution in [3.05, 3.63) is 82.0 Å². The third-order valence-corrected chi connectivity index (χ3v) is 4.74. The van der Waals surface area contributed by atoms with Crippen molar-refractivity contribution in [3.63, 3.8) is 0 Å². The maximum absolute atomic E-state index is 12.9. The maximum atomic E-state index is 12.9. The molecule has 1 fully saturated rings. The molecule has 138 valence electrons. The minimum absolute atomic E-state index is 0.145. The van der Waals surface area contributed by atoms with E-state index in [-0.39, 0.29) is 11.6 Å². The number of carbonyl (C=O) groups is 1. The van der Waals surface area contributed by atoms with Crippen molar-refractivity contribution in [3.8, 4) is 5.69 Å².